The average molecular weight is 422 g/mol. The Morgan fingerprint density at radius 3 is 2.63 bits per heavy atom. The fourth-order valence-corrected chi connectivity index (χ4v) is 3.84. The number of methoxy groups -OCH3 is 1. The van der Waals surface area contributed by atoms with Crippen molar-refractivity contribution in [3.63, 3.8) is 0 Å². The van der Waals surface area contributed by atoms with Gasteiger partial charge in [0.2, 0.25) is 5.43 Å². The summed E-state index contributed by atoms with van der Waals surface area (Å²) in [5.41, 5.74) is 2.26. The van der Waals surface area contributed by atoms with Crippen LogP contribution in [0, 0.1) is 0 Å². The van der Waals surface area contributed by atoms with Gasteiger partial charge in [0.1, 0.15) is 22.6 Å². The third-order valence-electron chi connectivity index (χ3n) is 4.59. The van der Waals surface area contributed by atoms with Crippen molar-refractivity contribution in [1.82, 2.24) is 10.2 Å². The predicted octanol–water partition coefficient (Wildman–Crippen LogP) is 4.09. The van der Waals surface area contributed by atoms with Gasteiger partial charge in [-0.3, -0.25) is 4.79 Å². The Kier molecular flexibility index (Phi) is 5.58. The molecule has 2 aromatic heterocycles. The van der Waals surface area contributed by atoms with Crippen molar-refractivity contribution in [2.45, 2.75) is 13.3 Å². The van der Waals surface area contributed by atoms with Crippen molar-refractivity contribution in [3.05, 3.63) is 64.5 Å². The molecular weight excluding hydrogens is 404 g/mol. The zero-order valence-corrected chi connectivity index (χ0v) is 17.2. The average Bonchev–Trinajstić information content (AvgIpc) is 3.27. The van der Waals surface area contributed by atoms with E-state index in [-0.39, 0.29) is 12.0 Å². The number of aromatic nitrogens is 2. The van der Waals surface area contributed by atoms with E-state index in [1.807, 2.05) is 37.3 Å². The van der Waals surface area contributed by atoms with Gasteiger partial charge in [-0.1, -0.05) is 48.6 Å². The molecule has 2 aromatic carbocycles. The van der Waals surface area contributed by atoms with Gasteiger partial charge in [-0.15, -0.1) is 10.2 Å². The highest BCUT2D eigenvalue weighted by Crippen LogP contribution is 2.31. The van der Waals surface area contributed by atoms with E-state index in [9.17, 15) is 9.59 Å². The third-order valence-corrected chi connectivity index (χ3v) is 5.59. The predicted molar refractivity (Wildman–Crippen MR) is 114 cm³/mol. The Balaban J connectivity index is 1.73. The van der Waals surface area contributed by atoms with E-state index in [4.69, 9.17) is 9.15 Å². The minimum Gasteiger partial charge on any atom is -0.481 e. The summed E-state index contributed by atoms with van der Waals surface area (Å²) >= 11 is 1.33. The fourth-order valence-electron chi connectivity index (χ4n) is 2.99. The summed E-state index contributed by atoms with van der Waals surface area (Å²) in [6.45, 7) is 1.72. The van der Waals surface area contributed by atoms with Crippen LogP contribution in [0.4, 0.5) is 0 Å². The minimum absolute atomic E-state index is 0.193. The van der Waals surface area contributed by atoms with Crippen LogP contribution in [0.3, 0.4) is 0 Å². The first-order chi connectivity index (χ1) is 14.6. The molecule has 0 N–H and O–H groups in total. The second-order valence-corrected chi connectivity index (χ2v) is 7.41. The lowest BCUT2D eigenvalue weighted by atomic mass is 10.1. The zero-order valence-electron chi connectivity index (χ0n) is 16.4. The lowest BCUT2D eigenvalue weighted by Gasteiger charge is -2.11. The lowest BCUT2D eigenvalue weighted by Crippen LogP contribution is -2.13. The molecule has 0 aliphatic rings. The van der Waals surface area contributed by atoms with E-state index in [0.29, 0.717) is 33.7 Å². The molecule has 152 valence electrons. The van der Waals surface area contributed by atoms with Crippen LogP contribution in [0.2, 0.25) is 0 Å². The number of nitrogens with zero attached hydrogens (tertiary/aromatic N) is 2. The van der Waals surface area contributed by atoms with E-state index in [2.05, 4.69) is 14.9 Å². The number of ether oxygens (including phenoxy) is 2. The van der Waals surface area contributed by atoms with Crippen LogP contribution < -0.4 is 10.2 Å². The van der Waals surface area contributed by atoms with Crippen molar-refractivity contribution < 1.29 is 18.7 Å². The second kappa shape index (κ2) is 8.46. The quantitative estimate of drug-likeness (QED) is 0.432. The summed E-state index contributed by atoms with van der Waals surface area (Å²) in [5.74, 6) is -0.00646. The number of fused-ring (bicyclic) bond motifs is 1. The maximum atomic E-state index is 13.1. The zero-order chi connectivity index (χ0) is 21.1. The Bertz CT molecular complexity index is 1260. The van der Waals surface area contributed by atoms with Gasteiger partial charge < -0.3 is 13.9 Å². The van der Waals surface area contributed by atoms with E-state index in [0.717, 1.165) is 16.1 Å². The summed E-state index contributed by atoms with van der Waals surface area (Å²) in [6, 6.07) is 13.0. The molecule has 2 heterocycles. The number of benzene rings is 2. The van der Waals surface area contributed by atoms with Gasteiger partial charge in [0.25, 0.3) is 0 Å². The molecule has 7 nitrogen and oxygen atoms in total. The molecule has 0 spiro atoms. The normalized spacial score (nSPS) is 10.9. The van der Waals surface area contributed by atoms with E-state index < -0.39 is 5.97 Å². The molecule has 0 saturated heterocycles. The van der Waals surface area contributed by atoms with Crippen molar-refractivity contribution in [3.8, 4) is 26.9 Å². The lowest BCUT2D eigenvalue weighted by molar-refractivity contribution is -0.142. The first-order valence-electron chi connectivity index (χ1n) is 9.28. The molecular formula is C22H18N2O5S. The van der Waals surface area contributed by atoms with Gasteiger partial charge in [-0.2, -0.15) is 0 Å². The molecule has 0 unspecified atom stereocenters. The van der Waals surface area contributed by atoms with Crippen molar-refractivity contribution in [2.24, 2.45) is 0 Å². The number of hydrogen-bond donors (Lipinski definition) is 0. The molecule has 0 saturated carbocycles. The number of aryl methyl sites for hydroxylation is 1. The largest absolute Gasteiger partial charge is 0.481 e. The van der Waals surface area contributed by atoms with E-state index in [1.54, 1.807) is 12.1 Å². The van der Waals surface area contributed by atoms with Gasteiger partial charge in [-0.25, -0.2) is 4.79 Å². The van der Waals surface area contributed by atoms with Crippen LogP contribution in [-0.2, 0) is 16.0 Å². The molecule has 0 atom stereocenters. The molecule has 0 bridgehead atoms. The van der Waals surface area contributed by atoms with Gasteiger partial charge in [0, 0.05) is 11.6 Å². The number of carbonyl (C=O) groups is 1. The Morgan fingerprint density at radius 1 is 1.13 bits per heavy atom. The van der Waals surface area contributed by atoms with Crippen molar-refractivity contribution >= 4 is 28.3 Å². The smallest absolute Gasteiger partial charge is 0.343 e. The summed E-state index contributed by atoms with van der Waals surface area (Å²) in [6.07, 6.45) is 2.00. The number of hydrogen-bond acceptors (Lipinski definition) is 8. The molecule has 30 heavy (non-hydrogen) atoms. The van der Waals surface area contributed by atoms with Crippen LogP contribution in [-0.4, -0.2) is 29.9 Å². The topological polar surface area (TPSA) is 91.5 Å². The number of carbonyl (C=O) groups excluding carboxylic acids is 1. The van der Waals surface area contributed by atoms with Crippen LogP contribution >= 0.6 is 11.3 Å². The maximum absolute atomic E-state index is 13.1. The molecule has 4 aromatic rings. The van der Waals surface area contributed by atoms with Crippen molar-refractivity contribution in [1.29, 1.82) is 0 Å². The standard InChI is InChI=1S/C22H18N2O5S/c1-3-13-9-15-18(10-17(13)29-12-19(25)27-2)28-11-16(20(15)26)22-24-23-21(30-22)14-7-5-4-6-8-14/h4-11H,3,12H2,1-2H3. The molecule has 0 radical (unpaired) electrons. The van der Waals surface area contributed by atoms with Crippen LogP contribution in [0.25, 0.3) is 32.1 Å². The third kappa shape index (κ3) is 3.81. The van der Waals surface area contributed by atoms with E-state index in [1.165, 1.54) is 24.7 Å². The highest BCUT2D eigenvalue weighted by molar-refractivity contribution is 7.17. The Morgan fingerprint density at radius 2 is 1.90 bits per heavy atom. The first kappa shape index (κ1) is 19.8. The SMILES string of the molecule is CCc1cc2c(=O)c(-c3nnc(-c4ccccc4)s3)coc2cc1OCC(=O)OC. The van der Waals surface area contributed by atoms with Crippen molar-refractivity contribution in [2.75, 3.05) is 13.7 Å². The summed E-state index contributed by atoms with van der Waals surface area (Å²) < 4.78 is 15.8. The van der Waals surface area contributed by atoms with Gasteiger partial charge >= 0.3 is 5.97 Å². The Hall–Kier alpha value is -3.52. The molecule has 4 rings (SSSR count). The summed E-state index contributed by atoms with van der Waals surface area (Å²) in [5, 5.41) is 10.0. The van der Waals surface area contributed by atoms with Crippen LogP contribution in [0.5, 0.6) is 5.75 Å². The van der Waals surface area contributed by atoms with Gasteiger partial charge in [-0.05, 0) is 18.1 Å². The molecule has 0 amide bonds. The van der Waals surface area contributed by atoms with Crippen LogP contribution in [0.1, 0.15) is 12.5 Å². The number of rotatable bonds is 6. The minimum atomic E-state index is -0.487. The molecule has 0 aliphatic carbocycles. The van der Waals surface area contributed by atoms with E-state index >= 15 is 0 Å². The molecule has 0 aliphatic heterocycles. The molecule has 0 fully saturated rings. The fraction of sp³-hybridized carbons (Fsp3) is 0.182. The first-order valence-corrected chi connectivity index (χ1v) is 10.1. The monoisotopic (exact) mass is 422 g/mol. The Labute approximate surface area is 175 Å². The summed E-state index contributed by atoms with van der Waals surface area (Å²) in [7, 11) is 1.30. The molecule has 8 heteroatoms. The van der Waals surface area contributed by atoms with Crippen LogP contribution in [0.15, 0.2) is 57.9 Å². The highest BCUT2D eigenvalue weighted by Gasteiger charge is 2.17. The highest BCUT2D eigenvalue weighted by atomic mass is 32.1. The summed E-state index contributed by atoms with van der Waals surface area (Å²) in [4.78, 5) is 24.5. The van der Waals surface area contributed by atoms with Gasteiger partial charge in [0.15, 0.2) is 11.6 Å². The van der Waals surface area contributed by atoms with Gasteiger partial charge in [0.05, 0.1) is 18.1 Å². The number of esters is 1. The maximum Gasteiger partial charge on any atom is 0.343 e. The second-order valence-electron chi connectivity index (χ2n) is 6.43.